The maximum absolute atomic E-state index is 11.0. The van der Waals surface area contributed by atoms with Crippen molar-refractivity contribution in [1.82, 2.24) is 10.1 Å². The summed E-state index contributed by atoms with van der Waals surface area (Å²) in [5.74, 6) is 1.37. The molecular weight excluding hydrogens is 360 g/mol. The molecule has 1 aliphatic heterocycles. The van der Waals surface area contributed by atoms with Crippen LogP contribution in [0.4, 0.5) is 4.79 Å². The number of hydrogen-bond donors (Lipinski definition) is 1. The topological polar surface area (TPSA) is 85.0 Å². The van der Waals surface area contributed by atoms with E-state index < -0.39 is 6.09 Å². The van der Waals surface area contributed by atoms with Crippen LogP contribution in [0.3, 0.4) is 0 Å². The Kier molecular flexibility index (Phi) is 5.32. The highest BCUT2D eigenvalue weighted by Crippen LogP contribution is 2.34. The lowest BCUT2D eigenvalue weighted by molar-refractivity contribution is 0.110. The van der Waals surface area contributed by atoms with Gasteiger partial charge in [0.05, 0.1) is 6.61 Å². The van der Waals surface area contributed by atoms with Gasteiger partial charge in [-0.05, 0) is 41.6 Å². The Morgan fingerprint density at radius 3 is 2.64 bits per heavy atom. The summed E-state index contributed by atoms with van der Waals surface area (Å²) in [6, 6.07) is 15.5. The predicted molar refractivity (Wildman–Crippen MR) is 103 cm³/mol. The summed E-state index contributed by atoms with van der Waals surface area (Å²) in [5, 5.41) is 13.8. The summed E-state index contributed by atoms with van der Waals surface area (Å²) < 4.78 is 17.3. The van der Waals surface area contributed by atoms with E-state index in [9.17, 15) is 4.79 Å². The lowest BCUT2D eigenvalue weighted by atomic mass is 9.98. The lowest BCUT2D eigenvalue weighted by Crippen LogP contribution is -2.38. The zero-order valence-electron chi connectivity index (χ0n) is 15.4. The molecule has 2 heterocycles. The number of piperidine rings is 1. The molecular formula is C21H22N2O5. The number of rotatable bonds is 6. The molecule has 28 heavy (non-hydrogen) atoms. The van der Waals surface area contributed by atoms with E-state index in [0.29, 0.717) is 49.4 Å². The van der Waals surface area contributed by atoms with Gasteiger partial charge in [0.1, 0.15) is 17.7 Å². The van der Waals surface area contributed by atoms with Gasteiger partial charge < -0.3 is 24.0 Å². The van der Waals surface area contributed by atoms with Crippen molar-refractivity contribution in [3.8, 4) is 11.6 Å². The van der Waals surface area contributed by atoms with Crippen LogP contribution in [0.5, 0.6) is 11.6 Å². The smallest absolute Gasteiger partial charge is 0.407 e. The standard InChI is InChI=1S/C21H22N2O5/c24-21(25)23-11-9-16(10-12-23)14-27-20-19-17(7-4-8-18(19)28-22-20)26-13-15-5-2-1-3-6-15/h1-8,16H,9-14H2,(H,24,25). The van der Waals surface area contributed by atoms with Crippen LogP contribution in [0.2, 0.25) is 0 Å². The minimum Gasteiger partial charge on any atom is -0.488 e. The Morgan fingerprint density at radius 2 is 1.89 bits per heavy atom. The minimum absolute atomic E-state index is 0.291. The molecule has 1 saturated heterocycles. The predicted octanol–water partition coefficient (Wildman–Crippen LogP) is 4.18. The van der Waals surface area contributed by atoms with Crippen LogP contribution in [-0.4, -0.2) is 41.0 Å². The third-order valence-corrected chi connectivity index (χ3v) is 5.01. The molecule has 2 aromatic carbocycles. The highest BCUT2D eigenvalue weighted by atomic mass is 16.5. The fraction of sp³-hybridized carbons (Fsp3) is 0.333. The van der Waals surface area contributed by atoms with Gasteiger partial charge in [0.2, 0.25) is 0 Å². The van der Waals surface area contributed by atoms with E-state index in [2.05, 4.69) is 5.16 Å². The maximum Gasteiger partial charge on any atom is 0.407 e. The summed E-state index contributed by atoms with van der Waals surface area (Å²) in [7, 11) is 0. The van der Waals surface area contributed by atoms with Crippen molar-refractivity contribution in [3.05, 3.63) is 54.1 Å². The fourth-order valence-electron chi connectivity index (χ4n) is 3.38. The molecule has 1 aliphatic rings. The number of carbonyl (C=O) groups is 1. The van der Waals surface area contributed by atoms with Crippen molar-refractivity contribution in [2.75, 3.05) is 19.7 Å². The SMILES string of the molecule is O=C(O)N1CCC(COc2noc3cccc(OCc4ccccc4)c23)CC1. The zero-order chi connectivity index (χ0) is 19.3. The fourth-order valence-corrected chi connectivity index (χ4v) is 3.38. The average Bonchev–Trinajstić information content (AvgIpc) is 3.15. The maximum atomic E-state index is 11.0. The molecule has 1 fully saturated rings. The van der Waals surface area contributed by atoms with E-state index in [1.54, 1.807) is 0 Å². The number of aromatic nitrogens is 1. The van der Waals surface area contributed by atoms with Crippen molar-refractivity contribution in [1.29, 1.82) is 0 Å². The van der Waals surface area contributed by atoms with Gasteiger partial charge in [0.15, 0.2) is 5.58 Å². The zero-order valence-corrected chi connectivity index (χ0v) is 15.4. The van der Waals surface area contributed by atoms with E-state index in [0.717, 1.165) is 23.8 Å². The first-order chi connectivity index (χ1) is 13.7. The summed E-state index contributed by atoms with van der Waals surface area (Å²) in [4.78, 5) is 12.5. The number of carboxylic acid groups (broad SMARTS) is 1. The molecule has 0 saturated carbocycles. The normalized spacial score (nSPS) is 14.9. The number of likely N-dealkylation sites (tertiary alicyclic amines) is 1. The summed E-state index contributed by atoms with van der Waals surface area (Å²) in [6.07, 6.45) is 0.695. The van der Waals surface area contributed by atoms with Crippen LogP contribution in [0.1, 0.15) is 18.4 Å². The number of hydrogen-bond acceptors (Lipinski definition) is 5. The van der Waals surface area contributed by atoms with E-state index >= 15 is 0 Å². The Morgan fingerprint density at radius 1 is 1.11 bits per heavy atom. The molecule has 1 N–H and O–H groups in total. The van der Waals surface area contributed by atoms with Crippen LogP contribution in [-0.2, 0) is 6.61 Å². The Labute approximate surface area is 162 Å². The van der Waals surface area contributed by atoms with Crippen molar-refractivity contribution in [3.63, 3.8) is 0 Å². The summed E-state index contributed by atoms with van der Waals surface area (Å²) in [5.41, 5.74) is 1.69. The van der Waals surface area contributed by atoms with Crippen molar-refractivity contribution in [2.45, 2.75) is 19.4 Å². The third kappa shape index (κ3) is 4.03. The number of ether oxygens (including phenoxy) is 2. The quantitative estimate of drug-likeness (QED) is 0.689. The molecule has 146 valence electrons. The Hall–Kier alpha value is -3.22. The van der Waals surface area contributed by atoms with Crippen molar-refractivity contribution in [2.24, 2.45) is 5.92 Å². The van der Waals surface area contributed by atoms with E-state index in [-0.39, 0.29) is 0 Å². The van der Waals surface area contributed by atoms with Crippen LogP contribution in [0.15, 0.2) is 53.1 Å². The van der Waals surface area contributed by atoms with Crippen molar-refractivity contribution >= 4 is 17.1 Å². The molecule has 7 nitrogen and oxygen atoms in total. The molecule has 0 aliphatic carbocycles. The van der Waals surface area contributed by atoms with Gasteiger partial charge in [-0.15, -0.1) is 0 Å². The number of benzene rings is 2. The molecule has 1 amide bonds. The minimum atomic E-state index is -0.859. The van der Waals surface area contributed by atoms with Gasteiger partial charge in [-0.1, -0.05) is 36.4 Å². The Balaban J connectivity index is 1.42. The van der Waals surface area contributed by atoms with E-state index in [1.165, 1.54) is 4.90 Å². The molecule has 0 atom stereocenters. The second-order valence-corrected chi connectivity index (χ2v) is 6.92. The van der Waals surface area contributed by atoms with Crippen LogP contribution >= 0.6 is 0 Å². The Bertz CT molecular complexity index is 932. The molecule has 0 unspecified atom stereocenters. The molecule has 3 aromatic rings. The number of fused-ring (bicyclic) bond motifs is 1. The van der Waals surface area contributed by atoms with Gasteiger partial charge in [-0.3, -0.25) is 0 Å². The van der Waals surface area contributed by atoms with Crippen molar-refractivity contribution < 1.29 is 23.9 Å². The molecule has 7 heteroatoms. The number of amides is 1. The van der Waals surface area contributed by atoms with Gasteiger partial charge in [-0.25, -0.2) is 4.79 Å². The molecule has 0 radical (unpaired) electrons. The lowest BCUT2D eigenvalue weighted by Gasteiger charge is -2.29. The highest BCUT2D eigenvalue weighted by Gasteiger charge is 2.24. The summed E-state index contributed by atoms with van der Waals surface area (Å²) >= 11 is 0. The second kappa shape index (κ2) is 8.21. The first kappa shape index (κ1) is 18.2. The van der Waals surface area contributed by atoms with Crippen LogP contribution in [0, 0.1) is 5.92 Å². The van der Waals surface area contributed by atoms with Gasteiger partial charge in [0, 0.05) is 13.1 Å². The molecule has 0 bridgehead atoms. The van der Waals surface area contributed by atoms with Gasteiger partial charge in [0.25, 0.3) is 5.88 Å². The average molecular weight is 382 g/mol. The monoisotopic (exact) mass is 382 g/mol. The first-order valence-corrected chi connectivity index (χ1v) is 9.36. The molecule has 0 spiro atoms. The largest absolute Gasteiger partial charge is 0.488 e. The molecule has 4 rings (SSSR count). The summed E-state index contributed by atoms with van der Waals surface area (Å²) in [6.45, 7) is 1.99. The van der Waals surface area contributed by atoms with Crippen LogP contribution in [0.25, 0.3) is 11.0 Å². The third-order valence-electron chi connectivity index (χ3n) is 5.01. The van der Waals surface area contributed by atoms with Crippen LogP contribution < -0.4 is 9.47 Å². The van der Waals surface area contributed by atoms with E-state index in [4.69, 9.17) is 19.1 Å². The molecule has 1 aromatic heterocycles. The van der Waals surface area contributed by atoms with Gasteiger partial charge >= 0.3 is 6.09 Å². The first-order valence-electron chi connectivity index (χ1n) is 9.36. The number of nitrogens with zero attached hydrogens (tertiary/aromatic N) is 2. The van der Waals surface area contributed by atoms with E-state index in [1.807, 2.05) is 48.5 Å². The van der Waals surface area contributed by atoms with Gasteiger partial charge in [-0.2, -0.15) is 0 Å². The second-order valence-electron chi connectivity index (χ2n) is 6.92. The highest BCUT2D eigenvalue weighted by molar-refractivity contribution is 5.88.